The molecule has 0 aromatic carbocycles. The molecule has 0 aromatic rings. The van der Waals surface area contributed by atoms with Crippen LogP contribution in [0.3, 0.4) is 0 Å². The fourth-order valence-corrected chi connectivity index (χ4v) is 3.42. The molecule has 1 N–H and O–H groups in total. The van der Waals surface area contributed by atoms with Gasteiger partial charge in [0.2, 0.25) is 0 Å². The van der Waals surface area contributed by atoms with E-state index >= 15 is 0 Å². The van der Waals surface area contributed by atoms with Crippen molar-refractivity contribution in [3.05, 3.63) is 0 Å². The van der Waals surface area contributed by atoms with Crippen molar-refractivity contribution in [1.29, 1.82) is 0 Å². The average molecular weight is 269 g/mol. The molecule has 2 aliphatic rings. The Morgan fingerprint density at radius 3 is 2.63 bits per heavy atom. The Balaban J connectivity index is 1.83. The molecule has 0 unspecified atom stereocenters. The van der Waals surface area contributed by atoms with Crippen molar-refractivity contribution < 1.29 is 14.3 Å². The number of hydrogen-bond acceptors (Lipinski definition) is 4. The second-order valence-electron chi connectivity index (χ2n) is 6.89. The fraction of sp³-hybridized carbons (Fsp3) is 0.933. The predicted molar refractivity (Wildman–Crippen MR) is 74.0 cm³/mol. The van der Waals surface area contributed by atoms with Crippen LogP contribution in [0, 0.1) is 5.41 Å². The van der Waals surface area contributed by atoms with Crippen LogP contribution in [0.4, 0.5) is 0 Å². The molecular formula is C15H27NO3. The lowest BCUT2D eigenvalue weighted by atomic mass is 9.75. The quantitative estimate of drug-likeness (QED) is 0.798. The lowest BCUT2D eigenvalue weighted by Crippen LogP contribution is -2.47. The molecular weight excluding hydrogens is 242 g/mol. The van der Waals surface area contributed by atoms with Gasteiger partial charge < -0.3 is 14.8 Å². The molecule has 110 valence electrons. The molecule has 2 rings (SSSR count). The average Bonchev–Trinajstić information content (AvgIpc) is 2.68. The van der Waals surface area contributed by atoms with Gasteiger partial charge in [0.15, 0.2) is 0 Å². The Morgan fingerprint density at radius 2 is 2.00 bits per heavy atom. The molecule has 1 aliphatic carbocycles. The zero-order chi connectivity index (χ0) is 13.9. The van der Waals surface area contributed by atoms with Gasteiger partial charge in [-0.25, -0.2) is 0 Å². The number of esters is 1. The summed E-state index contributed by atoms with van der Waals surface area (Å²) in [5.74, 6) is -0.151. The molecule has 1 saturated carbocycles. The minimum absolute atomic E-state index is 0.151. The van der Waals surface area contributed by atoms with Gasteiger partial charge in [0.1, 0.15) is 5.60 Å². The van der Waals surface area contributed by atoms with Gasteiger partial charge in [0.25, 0.3) is 0 Å². The zero-order valence-electron chi connectivity index (χ0n) is 12.5. The van der Waals surface area contributed by atoms with Crippen molar-refractivity contribution >= 4 is 5.97 Å². The van der Waals surface area contributed by atoms with Gasteiger partial charge in [-0.1, -0.05) is 6.42 Å². The number of ether oxygens (including phenoxy) is 2. The van der Waals surface area contributed by atoms with E-state index in [-0.39, 0.29) is 5.97 Å². The summed E-state index contributed by atoms with van der Waals surface area (Å²) in [6, 6.07) is 0.448. The first-order chi connectivity index (χ1) is 8.91. The number of nitrogens with one attached hydrogen (secondary N) is 1. The highest BCUT2D eigenvalue weighted by Gasteiger charge is 2.43. The lowest BCUT2D eigenvalue weighted by Gasteiger charge is -2.39. The van der Waals surface area contributed by atoms with Gasteiger partial charge in [0, 0.05) is 19.3 Å². The van der Waals surface area contributed by atoms with Gasteiger partial charge in [-0.3, -0.25) is 4.79 Å². The van der Waals surface area contributed by atoms with Crippen LogP contribution in [0.25, 0.3) is 0 Å². The second-order valence-corrected chi connectivity index (χ2v) is 6.89. The minimum atomic E-state index is -0.398. The maximum absolute atomic E-state index is 11.8. The van der Waals surface area contributed by atoms with Gasteiger partial charge in [0.05, 0.1) is 6.54 Å². The highest BCUT2D eigenvalue weighted by molar-refractivity contribution is 5.72. The van der Waals surface area contributed by atoms with E-state index in [0.29, 0.717) is 18.0 Å². The normalized spacial score (nSPS) is 26.6. The van der Waals surface area contributed by atoms with Crippen molar-refractivity contribution in [2.24, 2.45) is 5.41 Å². The smallest absolute Gasteiger partial charge is 0.320 e. The SMILES string of the molecule is CC(C)(C)OC(=O)CN[C@H]1CCCC12CCOCC2. The molecule has 0 bridgehead atoms. The summed E-state index contributed by atoms with van der Waals surface area (Å²) in [4.78, 5) is 11.8. The Morgan fingerprint density at radius 1 is 1.32 bits per heavy atom. The molecule has 4 nitrogen and oxygen atoms in total. The third-order valence-electron chi connectivity index (χ3n) is 4.31. The Kier molecular flexibility index (Phi) is 4.51. The highest BCUT2D eigenvalue weighted by atomic mass is 16.6. The van der Waals surface area contributed by atoms with Crippen molar-refractivity contribution in [2.75, 3.05) is 19.8 Å². The Bertz CT molecular complexity index is 316. The van der Waals surface area contributed by atoms with Gasteiger partial charge >= 0.3 is 5.97 Å². The van der Waals surface area contributed by atoms with E-state index in [0.717, 1.165) is 26.1 Å². The maximum Gasteiger partial charge on any atom is 0.320 e. The monoisotopic (exact) mass is 269 g/mol. The molecule has 19 heavy (non-hydrogen) atoms. The van der Waals surface area contributed by atoms with E-state index in [1.54, 1.807) is 0 Å². The third-order valence-corrected chi connectivity index (χ3v) is 4.31. The first-order valence-electron chi connectivity index (χ1n) is 7.44. The van der Waals surface area contributed by atoms with Gasteiger partial charge in [-0.2, -0.15) is 0 Å². The van der Waals surface area contributed by atoms with Crippen LogP contribution in [-0.4, -0.2) is 37.4 Å². The van der Waals surface area contributed by atoms with E-state index < -0.39 is 5.60 Å². The summed E-state index contributed by atoms with van der Waals surface area (Å²) in [6.07, 6.45) is 5.94. The molecule has 1 aliphatic heterocycles. The number of carbonyl (C=O) groups excluding carboxylic acids is 1. The fourth-order valence-electron chi connectivity index (χ4n) is 3.42. The van der Waals surface area contributed by atoms with E-state index in [2.05, 4.69) is 5.32 Å². The molecule has 1 atom stereocenters. The van der Waals surface area contributed by atoms with Crippen molar-refractivity contribution in [3.63, 3.8) is 0 Å². The van der Waals surface area contributed by atoms with Crippen LogP contribution in [-0.2, 0) is 14.3 Å². The standard InChI is InChI=1S/C15H27NO3/c1-14(2,3)19-13(17)11-16-12-5-4-6-15(12)7-9-18-10-8-15/h12,16H,4-11H2,1-3H3/t12-/m0/s1. The van der Waals surface area contributed by atoms with Gasteiger partial charge in [-0.15, -0.1) is 0 Å². The lowest BCUT2D eigenvalue weighted by molar-refractivity contribution is -0.154. The molecule has 2 fully saturated rings. The first kappa shape index (κ1) is 14.8. The van der Waals surface area contributed by atoms with Crippen LogP contribution < -0.4 is 5.32 Å². The highest BCUT2D eigenvalue weighted by Crippen LogP contribution is 2.45. The minimum Gasteiger partial charge on any atom is -0.459 e. The largest absolute Gasteiger partial charge is 0.459 e. The summed E-state index contributed by atoms with van der Waals surface area (Å²) in [5.41, 5.74) is -0.0366. The second kappa shape index (κ2) is 5.80. The number of hydrogen-bond donors (Lipinski definition) is 1. The summed E-state index contributed by atoms with van der Waals surface area (Å²) in [5, 5.41) is 3.43. The summed E-state index contributed by atoms with van der Waals surface area (Å²) < 4.78 is 10.8. The van der Waals surface area contributed by atoms with Crippen molar-refractivity contribution in [1.82, 2.24) is 5.32 Å². The Hall–Kier alpha value is -0.610. The van der Waals surface area contributed by atoms with Gasteiger partial charge in [-0.05, 0) is 51.9 Å². The number of carbonyl (C=O) groups is 1. The van der Waals surface area contributed by atoms with Crippen LogP contribution in [0.15, 0.2) is 0 Å². The first-order valence-corrected chi connectivity index (χ1v) is 7.44. The van der Waals surface area contributed by atoms with Crippen LogP contribution in [0.5, 0.6) is 0 Å². The van der Waals surface area contributed by atoms with Crippen LogP contribution in [0.1, 0.15) is 52.9 Å². The summed E-state index contributed by atoms with van der Waals surface area (Å²) >= 11 is 0. The molecule has 4 heteroatoms. The zero-order valence-corrected chi connectivity index (χ0v) is 12.5. The molecule has 0 radical (unpaired) electrons. The molecule has 1 saturated heterocycles. The van der Waals surface area contributed by atoms with E-state index in [1.165, 1.54) is 19.3 Å². The van der Waals surface area contributed by atoms with E-state index in [9.17, 15) is 4.79 Å². The van der Waals surface area contributed by atoms with Crippen molar-refractivity contribution in [3.8, 4) is 0 Å². The topological polar surface area (TPSA) is 47.6 Å². The summed E-state index contributed by atoms with van der Waals surface area (Å²) in [6.45, 7) is 7.76. The van der Waals surface area contributed by atoms with Crippen LogP contribution >= 0.6 is 0 Å². The molecule has 0 amide bonds. The van der Waals surface area contributed by atoms with Crippen molar-refractivity contribution in [2.45, 2.75) is 64.5 Å². The van der Waals surface area contributed by atoms with E-state index in [1.807, 2.05) is 20.8 Å². The summed E-state index contributed by atoms with van der Waals surface area (Å²) in [7, 11) is 0. The molecule has 1 heterocycles. The molecule has 1 spiro atoms. The third kappa shape index (κ3) is 3.93. The van der Waals surface area contributed by atoms with E-state index in [4.69, 9.17) is 9.47 Å². The van der Waals surface area contributed by atoms with Crippen LogP contribution in [0.2, 0.25) is 0 Å². The maximum atomic E-state index is 11.8. The predicted octanol–water partition coefficient (Wildman–Crippen LogP) is 2.27. The Labute approximate surface area is 116 Å². The molecule has 0 aromatic heterocycles. The number of rotatable bonds is 3.